The number of alkyl halides is 3. The van der Waals surface area contributed by atoms with Crippen LogP contribution in [0.2, 0.25) is 0 Å². The van der Waals surface area contributed by atoms with Crippen molar-refractivity contribution >= 4 is 23.6 Å². The van der Waals surface area contributed by atoms with Crippen LogP contribution in [0.15, 0.2) is 18.2 Å². The van der Waals surface area contributed by atoms with Crippen molar-refractivity contribution in [1.29, 1.82) is 0 Å². The van der Waals surface area contributed by atoms with Gasteiger partial charge in [0.2, 0.25) is 5.60 Å². The summed E-state index contributed by atoms with van der Waals surface area (Å²) in [7, 11) is 0. The first-order valence-electron chi connectivity index (χ1n) is 6.87. The van der Waals surface area contributed by atoms with Gasteiger partial charge in [0.1, 0.15) is 11.9 Å². The Labute approximate surface area is 140 Å². The molecule has 0 aromatic heterocycles. The lowest BCUT2D eigenvalue weighted by atomic mass is 9.90. The molecule has 3 N–H and O–H groups in total. The van der Waals surface area contributed by atoms with Crippen molar-refractivity contribution in [2.75, 3.05) is 5.32 Å². The van der Waals surface area contributed by atoms with E-state index in [1.54, 1.807) is 0 Å². The van der Waals surface area contributed by atoms with E-state index in [0.717, 1.165) is 12.1 Å². The van der Waals surface area contributed by atoms with Crippen LogP contribution in [0.3, 0.4) is 0 Å². The van der Waals surface area contributed by atoms with E-state index in [-0.39, 0.29) is 11.5 Å². The maximum atomic E-state index is 13.5. The molecular formula is C15H13ClF3NO4. The summed E-state index contributed by atoms with van der Waals surface area (Å²) < 4.78 is 44.3. The lowest BCUT2D eigenvalue weighted by Crippen LogP contribution is -2.42. The van der Waals surface area contributed by atoms with Gasteiger partial charge in [-0.3, -0.25) is 5.32 Å². The fraction of sp³-hybridized carbons (Fsp3) is 0.400. The predicted octanol–water partition coefficient (Wildman–Crippen LogP) is 3.04. The van der Waals surface area contributed by atoms with Gasteiger partial charge < -0.3 is 14.5 Å². The molecule has 1 aromatic rings. The Hall–Kier alpha value is -1.95. The molecule has 5 nitrogen and oxygen atoms in total. The van der Waals surface area contributed by atoms with Crippen LogP contribution in [0.4, 0.5) is 23.7 Å². The number of hydrogen-bond donors (Lipinski definition) is 3. The summed E-state index contributed by atoms with van der Waals surface area (Å²) in [5.74, 6) is 4.08. The summed E-state index contributed by atoms with van der Waals surface area (Å²) in [6.45, 7) is -0.483. The van der Waals surface area contributed by atoms with Crippen LogP contribution in [0.1, 0.15) is 24.0 Å². The number of benzene rings is 1. The van der Waals surface area contributed by atoms with Crippen LogP contribution in [0, 0.1) is 17.8 Å². The zero-order chi connectivity index (χ0) is 18.0. The van der Waals surface area contributed by atoms with Crippen molar-refractivity contribution in [3.8, 4) is 11.8 Å². The number of hydrogen-bond acceptors (Lipinski definition) is 4. The number of carbonyl (C=O) groups is 1. The lowest BCUT2D eigenvalue weighted by Gasteiger charge is -2.28. The summed E-state index contributed by atoms with van der Waals surface area (Å²) >= 11 is 4.87. The third-order valence-corrected chi connectivity index (χ3v) is 3.55. The van der Waals surface area contributed by atoms with Gasteiger partial charge >= 0.3 is 12.3 Å². The summed E-state index contributed by atoms with van der Waals surface area (Å²) in [6.07, 6.45) is -5.01. The van der Waals surface area contributed by atoms with E-state index in [1.165, 1.54) is 6.07 Å². The number of halogens is 4. The molecule has 1 aliphatic rings. The number of nitrogens with one attached hydrogen (secondary N) is 1. The van der Waals surface area contributed by atoms with Crippen LogP contribution >= 0.6 is 11.9 Å². The molecule has 1 fully saturated rings. The first kappa shape index (κ1) is 18.4. The Kier molecular flexibility index (Phi) is 5.28. The lowest BCUT2D eigenvalue weighted by molar-refractivity contribution is -0.240. The molecule has 2 rings (SSSR count). The van der Waals surface area contributed by atoms with E-state index >= 15 is 0 Å². The van der Waals surface area contributed by atoms with E-state index in [2.05, 4.69) is 10.2 Å². The first-order chi connectivity index (χ1) is 11.2. The Bertz CT molecular complexity index is 694. The molecule has 0 heterocycles. The fourth-order valence-corrected chi connectivity index (χ4v) is 2.00. The quantitative estimate of drug-likeness (QED) is 0.721. The monoisotopic (exact) mass is 363 g/mol. The van der Waals surface area contributed by atoms with Crippen LogP contribution < -0.4 is 5.32 Å². The topological polar surface area (TPSA) is 78.8 Å². The van der Waals surface area contributed by atoms with Gasteiger partial charge in [-0.15, -0.1) is 0 Å². The molecule has 1 aromatic carbocycles. The Balaban J connectivity index is 2.56. The SMILES string of the molecule is O=C(Nc1cc(CO)ccc1C(O)(C#CC1CC1)C(F)(F)F)OCl. The van der Waals surface area contributed by atoms with Gasteiger partial charge in [0.15, 0.2) is 0 Å². The van der Waals surface area contributed by atoms with Crippen molar-refractivity contribution in [3.05, 3.63) is 29.3 Å². The van der Waals surface area contributed by atoms with Crippen LogP contribution in [0.25, 0.3) is 0 Å². The molecule has 0 radical (unpaired) electrons. The smallest absolute Gasteiger partial charge is 0.392 e. The molecule has 130 valence electrons. The summed E-state index contributed by atoms with van der Waals surface area (Å²) in [6, 6.07) is 3.19. The molecule has 1 amide bonds. The minimum atomic E-state index is -5.11. The van der Waals surface area contributed by atoms with E-state index in [4.69, 9.17) is 17.0 Å². The van der Waals surface area contributed by atoms with E-state index in [0.29, 0.717) is 12.8 Å². The Morgan fingerprint density at radius 1 is 1.42 bits per heavy atom. The van der Waals surface area contributed by atoms with Gasteiger partial charge in [-0.2, -0.15) is 13.2 Å². The van der Waals surface area contributed by atoms with Gasteiger partial charge in [-0.1, -0.05) is 24.0 Å². The zero-order valence-electron chi connectivity index (χ0n) is 12.2. The largest absolute Gasteiger partial charge is 0.433 e. The second-order valence-corrected chi connectivity index (χ2v) is 5.43. The third kappa shape index (κ3) is 3.93. The van der Waals surface area contributed by atoms with Gasteiger partial charge in [0.05, 0.1) is 12.3 Å². The normalized spacial score (nSPS) is 16.6. The minimum absolute atomic E-state index is 0.181. The maximum absolute atomic E-state index is 13.5. The third-order valence-electron chi connectivity index (χ3n) is 3.41. The molecule has 1 saturated carbocycles. The van der Waals surface area contributed by atoms with E-state index in [9.17, 15) is 23.1 Å². The van der Waals surface area contributed by atoms with E-state index < -0.39 is 35.7 Å². The molecule has 1 atom stereocenters. The van der Waals surface area contributed by atoms with Crippen molar-refractivity contribution in [1.82, 2.24) is 0 Å². The summed E-state index contributed by atoms with van der Waals surface area (Å²) in [5.41, 5.74) is -4.39. The molecule has 1 unspecified atom stereocenters. The second-order valence-electron chi connectivity index (χ2n) is 5.28. The van der Waals surface area contributed by atoms with Crippen molar-refractivity contribution in [2.45, 2.75) is 31.2 Å². The second kappa shape index (κ2) is 6.89. The molecule has 0 bridgehead atoms. The molecule has 9 heteroatoms. The predicted molar refractivity (Wildman–Crippen MR) is 78.8 cm³/mol. The average Bonchev–Trinajstić information content (AvgIpc) is 3.35. The maximum Gasteiger partial charge on any atom is 0.433 e. The molecular weight excluding hydrogens is 351 g/mol. The van der Waals surface area contributed by atoms with Crippen LogP contribution in [-0.4, -0.2) is 22.5 Å². The average molecular weight is 364 g/mol. The number of carbonyl (C=O) groups excluding carboxylic acids is 1. The summed E-state index contributed by atoms with van der Waals surface area (Å²) in [5, 5.41) is 21.3. The number of aliphatic hydroxyl groups is 2. The van der Waals surface area contributed by atoms with Gasteiger partial charge in [-0.25, -0.2) is 4.79 Å². The van der Waals surface area contributed by atoms with Gasteiger partial charge in [0, 0.05) is 11.5 Å². The molecule has 0 spiro atoms. The highest BCUT2D eigenvalue weighted by molar-refractivity contribution is 6.14. The number of rotatable bonds is 3. The molecule has 0 saturated heterocycles. The van der Waals surface area contributed by atoms with E-state index in [1.807, 2.05) is 11.2 Å². The highest BCUT2D eigenvalue weighted by Gasteiger charge is 2.55. The minimum Gasteiger partial charge on any atom is -0.392 e. The number of amides is 1. The Morgan fingerprint density at radius 3 is 2.58 bits per heavy atom. The van der Waals surface area contributed by atoms with Crippen molar-refractivity contribution in [2.24, 2.45) is 5.92 Å². The summed E-state index contributed by atoms with van der Waals surface area (Å²) in [4.78, 5) is 11.3. The van der Waals surface area contributed by atoms with Crippen molar-refractivity contribution < 1.29 is 32.5 Å². The van der Waals surface area contributed by atoms with Gasteiger partial charge in [-0.05, 0) is 24.5 Å². The fourth-order valence-electron chi connectivity index (χ4n) is 1.96. The molecule has 24 heavy (non-hydrogen) atoms. The van der Waals surface area contributed by atoms with Crippen molar-refractivity contribution in [3.63, 3.8) is 0 Å². The molecule has 0 aliphatic heterocycles. The Morgan fingerprint density at radius 2 is 2.08 bits per heavy atom. The zero-order valence-corrected chi connectivity index (χ0v) is 12.9. The number of aliphatic hydroxyl groups excluding tert-OH is 1. The molecule has 1 aliphatic carbocycles. The van der Waals surface area contributed by atoms with Gasteiger partial charge in [0.25, 0.3) is 0 Å². The van der Waals surface area contributed by atoms with Crippen LogP contribution in [-0.2, 0) is 16.5 Å². The number of anilines is 1. The standard InChI is InChI=1S/C15H13ClF3NO4/c16-24-13(22)20-12-7-10(8-21)3-4-11(12)14(23,15(17,18)19)6-5-9-1-2-9/h3-4,7,9,21,23H,1-2,8H2,(H,20,22). The highest BCUT2D eigenvalue weighted by Crippen LogP contribution is 2.42. The van der Waals surface area contributed by atoms with Crippen LogP contribution in [0.5, 0.6) is 0 Å². The highest BCUT2D eigenvalue weighted by atomic mass is 35.5. The first-order valence-corrected chi connectivity index (χ1v) is 7.17.